The van der Waals surface area contributed by atoms with Crippen LogP contribution in [0.25, 0.3) is 0 Å². The minimum Gasteiger partial charge on any atom is -0.486 e. The van der Waals surface area contributed by atoms with Crippen molar-refractivity contribution in [3.63, 3.8) is 0 Å². The summed E-state index contributed by atoms with van der Waals surface area (Å²) >= 11 is 0. The van der Waals surface area contributed by atoms with Gasteiger partial charge >= 0.3 is 6.11 Å². The molecule has 0 aliphatic rings. The Morgan fingerprint density at radius 2 is 1.28 bits per heavy atom. The van der Waals surface area contributed by atoms with Crippen LogP contribution in [0.5, 0.6) is 11.5 Å². The molecule has 0 atom stereocenters. The van der Waals surface area contributed by atoms with Crippen molar-refractivity contribution in [1.29, 1.82) is 0 Å². The molecule has 9 heteroatoms. The molecule has 0 saturated heterocycles. The Labute approximate surface area is 179 Å². The maximum atomic E-state index is 14.4. The molecule has 0 heterocycles. The molecule has 0 unspecified atom stereocenters. The molecule has 0 amide bonds. The maximum Gasteiger partial charge on any atom is 0.426 e. The zero-order valence-electron chi connectivity index (χ0n) is 16.7. The largest absolute Gasteiger partial charge is 0.486 e. The van der Waals surface area contributed by atoms with E-state index >= 15 is 0 Å². The van der Waals surface area contributed by atoms with Crippen LogP contribution >= 0.6 is 0 Å². The van der Waals surface area contributed by atoms with E-state index < -0.39 is 58.9 Å². The van der Waals surface area contributed by atoms with Crippen LogP contribution in [0.4, 0.5) is 30.7 Å². The van der Waals surface area contributed by atoms with Crippen LogP contribution in [0.2, 0.25) is 0 Å². The number of hydrogen-bond donors (Lipinski definition) is 0. The van der Waals surface area contributed by atoms with Crippen molar-refractivity contribution in [3.05, 3.63) is 94.3 Å². The molecule has 0 saturated carbocycles. The summed E-state index contributed by atoms with van der Waals surface area (Å²) in [6.07, 6.45) is -2.41. The molecule has 0 aromatic heterocycles. The van der Waals surface area contributed by atoms with Crippen LogP contribution in [0, 0.1) is 29.1 Å². The number of alkyl halides is 2. The van der Waals surface area contributed by atoms with Crippen LogP contribution in [0.15, 0.2) is 48.5 Å². The Kier molecular flexibility index (Phi) is 6.96. The molecule has 2 nitrogen and oxygen atoms in total. The van der Waals surface area contributed by atoms with Crippen molar-refractivity contribution in [2.24, 2.45) is 0 Å². The maximum absolute atomic E-state index is 14.4. The zero-order chi connectivity index (χ0) is 23.5. The van der Waals surface area contributed by atoms with Crippen LogP contribution < -0.4 is 9.47 Å². The van der Waals surface area contributed by atoms with E-state index in [9.17, 15) is 30.7 Å². The Bertz CT molecular complexity index is 1080. The first-order valence-corrected chi connectivity index (χ1v) is 9.52. The second-order valence-corrected chi connectivity index (χ2v) is 6.92. The predicted molar refractivity (Wildman–Crippen MR) is 102 cm³/mol. The highest BCUT2D eigenvalue weighted by Gasteiger charge is 2.36. The summed E-state index contributed by atoms with van der Waals surface area (Å²) in [4.78, 5) is 0. The van der Waals surface area contributed by atoms with Crippen LogP contribution in [0.3, 0.4) is 0 Å². The van der Waals surface area contributed by atoms with Gasteiger partial charge in [-0.1, -0.05) is 25.5 Å². The molecule has 0 radical (unpaired) electrons. The highest BCUT2D eigenvalue weighted by Crippen LogP contribution is 2.36. The van der Waals surface area contributed by atoms with Crippen molar-refractivity contribution in [3.8, 4) is 11.5 Å². The van der Waals surface area contributed by atoms with Gasteiger partial charge in [-0.25, -0.2) is 13.2 Å². The van der Waals surface area contributed by atoms with Gasteiger partial charge in [0.25, 0.3) is 0 Å². The van der Waals surface area contributed by atoms with E-state index in [0.29, 0.717) is 18.6 Å². The lowest BCUT2D eigenvalue weighted by Crippen LogP contribution is -2.22. The number of benzene rings is 3. The predicted octanol–water partition coefficient (Wildman–Crippen LogP) is 7.04. The first kappa shape index (κ1) is 23.4. The Morgan fingerprint density at radius 3 is 1.88 bits per heavy atom. The van der Waals surface area contributed by atoms with Crippen LogP contribution in [-0.2, 0) is 19.1 Å². The van der Waals surface area contributed by atoms with E-state index in [2.05, 4.69) is 4.74 Å². The average molecular weight is 458 g/mol. The molecule has 0 aliphatic carbocycles. The first-order valence-electron chi connectivity index (χ1n) is 9.52. The van der Waals surface area contributed by atoms with Gasteiger partial charge in [-0.05, 0) is 53.9 Å². The summed E-state index contributed by atoms with van der Waals surface area (Å²) in [5.41, 5.74) is 0.101. The molecule has 3 rings (SSSR count). The molecule has 0 bridgehead atoms. The quantitative estimate of drug-likeness (QED) is 0.266. The summed E-state index contributed by atoms with van der Waals surface area (Å²) in [7, 11) is 0. The zero-order valence-corrected chi connectivity index (χ0v) is 16.7. The third kappa shape index (κ3) is 5.15. The van der Waals surface area contributed by atoms with Crippen LogP contribution in [0.1, 0.15) is 30.0 Å². The molecule has 0 aliphatic heterocycles. The smallest absolute Gasteiger partial charge is 0.426 e. The monoisotopic (exact) mass is 458 g/mol. The third-order valence-electron chi connectivity index (χ3n) is 4.52. The SMILES string of the molecule is CCCc1ccc(C(F)(F)Oc2ccc(OCc3cc(F)c(F)c(F)c3)c(F)c2F)cc1. The van der Waals surface area contributed by atoms with E-state index in [1.807, 2.05) is 6.92 Å². The van der Waals surface area contributed by atoms with E-state index in [-0.39, 0.29) is 5.56 Å². The highest BCUT2D eigenvalue weighted by atomic mass is 19.3. The summed E-state index contributed by atoms with van der Waals surface area (Å²) in [5.74, 6) is -9.80. The van der Waals surface area contributed by atoms with E-state index in [1.54, 1.807) is 0 Å². The fourth-order valence-corrected chi connectivity index (χ4v) is 2.91. The highest BCUT2D eigenvalue weighted by molar-refractivity contribution is 5.36. The van der Waals surface area contributed by atoms with Crippen molar-refractivity contribution < 1.29 is 40.2 Å². The Morgan fingerprint density at radius 1 is 0.719 bits per heavy atom. The fraction of sp³-hybridized carbons (Fsp3) is 0.217. The molecule has 3 aromatic carbocycles. The topological polar surface area (TPSA) is 18.5 Å². The fourth-order valence-electron chi connectivity index (χ4n) is 2.91. The molecule has 0 spiro atoms. The number of aryl methyl sites for hydroxylation is 1. The molecule has 170 valence electrons. The van der Waals surface area contributed by atoms with Gasteiger partial charge in [0.15, 0.2) is 29.0 Å². The van der Waals surface area contributed by atoms with E-state index in [0.717, 1.165) is 36.2 Å². The van der Waals surface area contributed by atoms with Crippen molar-refractivity contribution in [1.82, 2.24) is 0 Å². The van der Waals surface area contributed by atoms with E-state index in [4.69, 9.17) is 4.74 Å². The summed E-state index contributed by atoms with van der Waals surface area (Å²) in [6, 6.07) is 8.06. The number of hydrogen-bond acceptors (Lipinski definition) is 2. The molecule has 3 aromatic rings. The van der Waals surface area contributed by atoms with Crippen molar-refractivity contribution >= 4 is 0 Å². The lowest BCUT2D eigenvalue weighted by molar-refractivity contribution is -0.187. The average Bonchev–Trinajstić information content (AvgIpc) is 2.75. The molecule has 0 fully saturated rings. The van der Waals surface area contributed by atoms with Gasteiger partial charge in [0.05, 0.1) is 5.56 Å². The summed E-state index contributed by atoms with van der Waals surface area (Å²) in [5, 5.41) is 0. The van der Waals surface area contributed by atoms with Gasteiger partial charge in [0.1, 0.15) is 6.61 Å². The Hall–Kier alpha value is -3.23. The summed E-state index contributed by atoms with van der Waals surface area (Å²) < 4.78 is 106. The van der Waals surface area contributed by atoms with Crippen LogP contribution in [-0.4, -0.2) is 0 Å². The van der Waals surface area contributed by atoms with Gasteiger partial charge in [0, 0.05) is 0 Å². The Balaban J connectivity index is 1.75. The van der Waals surface area contributed by atoms with Gasteiger partial charge in [-0.15, -0.1) is 0 Å². The third-order valence-corrected chi connectivity index (χ3v) is 4.52. The van der Waals surface area contributed by atoms with E-state index in [1.165, 1.54) is 12.1 Å². The second-order valence-electron chi connectivity index (χ2n) is 6.92. The van der Waals surface area contributed by atoms with Gasteiger partial charge in [-0.2, -0.15) is 17.6 Å². The first-order chi connectivity index (χ1) is 15.1. The number of ether oxygens (including phenoxy) is 2. The molecular formula is C23H17F7O2. The van der Waals surface area contributed by atoms with Crippen molar-refractivity contribution in [2.75, 3.05) is 0 Å². The summed E-state index contributed by atoms with van der Waals surface area (Å²) in [6.45, 7) is 1.30. The molecule has 32 heavy (non-hydrogen) atoms. The molecular weight excluding hydrogens is 441 g/mol. The normalized spacial score (nSPS) is 11.5. The minimum atomic E-state index is -3.94. The lowest BCUT2D eigenvalue weighted by atomic mass is 10.1. The van der Waals surface area contributed by atoms with Gasteiger partial charge in [0.2, 0.25) is 11.6 Å². The van der Waals surface area contributed by atoms with Gasteiger partial charge in [-0.3, -0.25) is 0 Å². The lowest BCUT2D eigenvalue weighted by Gasteiger charge is -2.19. The standard InChI is InChI=1S/C23H17F7O2/c1-2-3-13-4-6-15(7-5-13)23(29,30)32-19-9-8-18(21(27)22(19)28)31-12-14-10-16(24)20(26)17(25)11-14/h4-11H,2-3,12H2,1H3. The number of rotatable bonds is 8. The minimum absolute atomic E-state index is 0.195. The molecule has 0 N–H and O–H groups in total. The van der Waals surface area contributed by atoms with Gasteiger partial charge < -0.3 is 9.47 Å². The van der Waals surface area contributed by atoms with Crippen molar-refractivity contribution in [2.45, 2.75) is 32.5 Å². The number of halogens is 7. The second kappa shape index (κ2) is 9.50.